The molecule has 0 spiro atoms. The van der Waals surface area contributed by atoms with Crippen LogP contribution in [0, 0.1) is 5.92 Å². The zero-order chi connectivity index (χ0) is 12.5. The van der Waals surface area contributed by atoms with Crippen molar-refractivity contribution in [2.24, 2.45) is 5.92 Å². The fraction of sp³-hybridized carbons (Fsp3) is 0.538. The fourth-order valence-electron chi connectivity index (χ4n) is 2.33. The van der Waals surface area contributed by atoms with Crippen LogP contribution in [0.25, 0.3) is 0 Å². The smallest absolute Gasteiger partial charge is 0.225 e. The van der Waals surface area contributed by atoms with Crippen LogP contribution in [-0.2, 0) is 4.79 Å². The van der Waals surface area contributed by atoms with Gasteiger partial charge in [-0.1, -0.05) is 0 Å². The summed E-state index contributed by atoms with van der Waals surface area (Å²) in [5, 5.41) is 0. The van der Waals surface area contributed by atoms with Gasteiger partial charge in [0.1, 0.15) is 5.82 Å². The van der Waals surface area contributed by atoms with Gasteiger partial charge in [-0.05, 0) is 25.0 Å². The van der Waals surface area contributed by atoms with Crippen LogP contribution in [0.1, 0.15) is 12.8 Å². The maximum atomic E-state index is 11.9. The fourth-order valence-corrected chi connectivity index (χ4v) is 2.33. The van der Waals surface area contributed by atoms with Gasteiger partial charge in [-0.3, -0.25) is 4.79 Å². The van der Waals surface area contributed by atoms with Gasteiger partial charge < -0.3 is 15.5 Å². The van der Waals surface area contributed by atoms with E-state index in [-0.39, 0.29) is 0 Å². The molecular weight excluding hydrogens is 228 g/mol. The number of carbonyl (C=O) groups excluding carboxylic acids is 1. The van der Waals surface area contributed by atoms with Gasteiger partial charge >= 0.3 is 0 Å². The average Bonchev–Trinajstić information content (AvgIpc) is 3.23. The zero-order valence-electron chi connectivity index (χ0n) is 10.4. The van der Waals surface area contributed by atoms with Crippen molar-refractivity contribution in [2.75, 3.05) is 36.8 Å². The number of hydrogen-bond acceptors (Lipinski definition) is 4. The number of anilines is 2. The Bertz CT molecular complexity index is 433. The van der Waals surface area contributed by atoms with E-state index in [0.29, 0.717) is 17.5 Å². The van der Waals surface area contributed by atoms with E-state index in [2.05, 4.69) is 9.88 Å². The summed E-state index contributed by atoms with van der Waals surface area (Å²) in [6.07, 6.45) is 3.84. The number of nitrogen functional groups attached to an aromatic ring is 1. The molecule has 1 saturated heterocycles. The van der Waals surface area contributed by atoms with Crippen molar-refractivity contribution < 1.29 is 4.79 Å². The molecule has 1 aliphatic carbocycles. The number of pyridine rings is 1. The Morgan fingerprint density at radius 3 is 2.50 bits per heavy atom. The Morgan fingerprint density at radius 1 is 1.22 bits per heavy atom. The van der Waals surface area contributed by atoms with E-state index in [1.165, 1.54) is 0 Å². The molecule has 1 amide bonds. The van der Waals surface area contributed by atoms with Gasteiger partial charge in [-0.2, -0.15) is 0 Å². The first-order chi connectivity index (χ1) is 8.74. The maximum Gasteiger partial charge on any atom is 0.225 e. The molecule has 2 aliphatic rings. The lowest BCUT2D eigenvalue weighted by Crippen LogP contribution is -2.49. The van der Waals surface area contributed by atoms with Gasteiger partial charge in [0.15, 0.2) is 0 Å². The van der Waals surface area contributed by atoms with Crippen LogP contribution in [0.3, 0.4) is 0 Å². The highest BCUT2D eigenvalue weighted by Gasteiger charge is 2.34. The lowest BCUT2D eigenvalue weighted by molar-refractivity contribution is -0.132. The molecule has 1 aliphatic heterocycles. The molecule has 2 heterocycles. The molecule has 3 rings (SSSR count). The van der Waals surface area contributed by atoms with Gasteiger partial charge in [0.25, 0.3) is 0 Å². The first-order valence-corrected chi connectivity index (χ1v) is 6.49. The molecule has 0 radical (unpaired) electrons. The number of amides is 1. The van der Waals surface area contributed by atoms with Crippen LogP contribution < -0.4 is 10.6 Å². The van der Waals surface area contributed by atoms with Crippen LogP contribution in [-0.4, -0.2) is 42.0 Å². The highest BCUT2D eigenvalue weighted by atomic mass is 16.2. The molecular formula is C13H18N4O. The van der Waals surface area contributed by atoms with Crippen molar-refractivity contribution in [1.82, 2.24) is 9.88 Å². The highest BCUT2D eigenvalue weighted by molar-refractivity contribution is 5.81. The largest absolute Gasteiger partial charge is 0.397 e. The van der Waals surface area contributed by atoms with Crippen LogP contribution >= 0.6 is 0 Å². The van der Waals surface area contributed by atoms with E-state index in [9.17, 15) is 4.79 Å². The maximum absolute atomic E-state index is 11.9. The van der Waals surface area contributed by atoms with Crippen LogP contribution in [0.4, 0.5) is 11.5 Å². The van der Waals surface area contributed by atoms with E-state index >= 15 is 0 Å². The first-order valence-electron chi connectivity index (χ1n) is 6.49. The standard InChI is InChI=1S/C13H18N4O/c14-11-3-4-12(15-9-11)16-5-7-17(8-6-16)13(18)10-1-2-10/h3-4,9-10H,1-2,5-8,14H2. The molecule has 5 heteroatoms. The summed E-state index contributed by atoms with van der Waals surface area (Å²) in [6.45, 7) is 3.33. The SMILES string of the molecule is Nc1ccc(N2CCN(C(=O)C3CC3)CC2)nc1. The van der Waals surface area contributed by atoms with Crippen molar-refractivity contribution >= 4 is 17.4 Å². The molecule has 96 valence electrons. The number of aromatic nitrogens is 1. The van der Waals surface area contributed by atoms with E-state index < -0.39 is 0 Å². The summed E-state index contributed by atoms with van der Waals surface area (Å²) in [5.74, 6) is 1.62. The molecule has 2 N–H and O–H groups in total. The van der Waals surface area contributed by atoms with Crippen LogP contribution in [0.5, 0.6) is 0 Å². The number of nitrogens with two attached hydrogens (primary N) is 1. The summed E-state index contributed by atoms with van der Waals surface area (Å²) in [7, 11) is 0. The highest BCUT2D eigenvalue weighted by Crippen LogP contribution is 2.31. The molecule has 0 atom stereocenters. The second kappa shape index (κ2) is 4.48. The predicted molar refractivity (Wildman–Crippen MR) is 70.2 cm³/mol. The number of hydrogen-bond donors (Lipinski definition) is 1. The molecule has 0 aromatic carbocycles. The summed E-state index contributed by atoms with van der Waals surface area (Å²) in [4.78, 5) is 20.4. The van der Waals surface area contributed by atoms with Crippen molar-refractivity contribution in [1.29, 1.82) is 0 Å². The minimum absolute atomic E-state index is 0.325. The predicted octanol–water partition coefficient (Wildman–Crippen LogP) is 0.722. The third-order valence-electron chi connectivity index (χ3n) is 3.61. The zero-order valence-corrected chi connectivity index (χ0v) is 10.4. The number of rotatable bonds is 2. The molecule has 1 saturated carbocycles. The molecule has 1 aromatic rings. The van der Waals surface area contributed by atoms with E-state index in [1.807, 2.05) is 17.0 Å². The summed E-state index contributed by atoms with van der Waals surface area (Å²) in [6, 6.07) is 3.80. The van der Waals surface area contributed by atoms with Crippen molar-refractivity contribution in [3.63, 3.8) is 0 Å². The average molecular weight is 246 g/mol. The second-order valence-corrected chi connectivity index (χ2v) is 5.04. The van der Waals surface area contributed by atoms with Crippen LogP contribution in [0.2, 0.25) is 0 Å². The topological polar surface area (TPSA) is 62.5 Å². The number of nitrogens with zero attached hydrogens (tertiary/aromatic N) is 3. The molecule has 5 nitrogen and oxygen atoms in total. The normalized spacial score (nSPS) is 20.0. The van der Waals surface area contributed by atoms with Crippen LogP contribution in [0.15, 0.2) is 18.3 Å². The van der Waals surface area contributed by atoms with Gasteiger partial charge in [0.05, 0.1) is 11.9 Å². The summed E-state index contributed by atoms with van der Waals surface area (Å²) < 4.78 is 0. The Hall–Kier alpha value is -1.78. The van der Waals surface area contributed by atoms with Gasteiger partial charge in [0, 0.05) is 32.1 Å². The van der Waals surface area contributed by atoms with Crippen molar-refractivity contribution in [2.45, 2.75) is 12.8 Å². The number of carbonyl (C=O) groups is 1. The molecule has 0 unspecified atom stereocenters. The van der Waals surface area contributed by atoms with Crippen molar-refractivity contribution in [3.05, 3.63) is 18.3 Å². The Balaban J connectivity index is 1.59. The first kappa shape index (κ1) is 11.3. The molecule has 2 fully saturated rings. The number of piperazine rings is 1. The van der Waals surface area contributed by atoms with E-state index in [1.54, 1.807) is 6.20 Å². The monoisotopic (exact) mass is 246 g/mol. The quantitative estimate of drug-likeness (QED) is 0.835. The third-order valence-corrected chi connectivity index (χ3v) is 3.61. The van der Waals surface area contributed by atoms with Crippen molar-refractivity contribution in [3.8, 4) is 0 Å². The molecule has 1 aromatic heterocycles. The van der Waals surface area contributed by atoms with Gasteiger partial charge in [-0.15, -0.1) is 0 Å². The van der Waals surface area contributed by atoms with Gasteiger partial charge in [0.2, 0.25) is 5.91 Å². The molecule has 18 heavy (non-hydrogen) atoms. The third kappa shape index (κ3) is 2.25. The van der Waals surface area contributed by atoms with E-state index in [4.69, 9.17) is 5.73 Å². The summed E-state index contributed by atoms with van der Waals surface area (Å²) in [5.41, 5.74) is 6.31. The Morgan fingerprint density at radius 2 is 1.94 bits per heavy atom. The summed E-state index contributed by atoms with van der Waals surface area (Å²) >= 11 is 0. The minimum Gasteiger partial charge on any atom is -0.397 e. The Labute approximate surface area is 107 Å². The molecule has 0 bridgehead atoms. The lowest BCUT2D eigenvalue weighted by atomic mass is 10.2. The van der Waals surface area contributed by atoms with Gasteiger partial charge in [-0.25, -0.2) is 4.98 Å². The Kier molecular flexibility index (Phi) is 2.81. The van der Waals surface area contributed by atoms with E-state index in [0.717, 1.165) is 44.8 Å². The minimum atomic E-state index is 0.325. The second-order valence-electron chi connectivity index (χ2n) is 5.04. The lowest BCUT2D eigenvalue weighted by Gasteiger charge is -2.35.